The second-order valence-corrected chi connectivity index (χ2v) is 7.34. The Bertz CT molecular complexity index is 1290. The number of hydrogen-bond acceptors (Lipinski definition) is 5. The van der Waals surface area contributed by atoms with Crippen LogP contribution in [0.3, 0.4) is 0 Å². The molecule has 0 atom stereocenters. The van der Waals surface area contributed by atoms with Gasteiger partial charge in [-0.3, -0.25) is 4.79 Å². The maximum absolute atomic E-state index is 13.1. The third-order valence-corrected chi connectivity index (χ3v) is 5.56. The Balaban J connectivity index is 2.10. The predicted molar refractivity (Wildman–Crippen MR) is 107 cm³/mol. The summed E-state index contributed by atoms with van der Waals surface area (Å²) in [4.78, 5) is 26.4. The van der Waals surface area contributed by atoms with Crippen LogP contribution in [0.4, 0.5) is 0 Å². The molecule has 0 amide bonds. The number of nitrogens with zero attached hydrogens (tertiary/aromatic N) is 1. The van der Waals surface area contributed by atoms with Crippen LogP contribution in [0.2, 0.25) is 0 Å². The number of fused-ring (bicyclic) bond motifs is 3. The molecule has 2 heterocycles. The molecule has 2 aromatic heterocycles. The monoisotopic (exact) mass is 379 g/mol. The summed E-state index contributed by atoms with van der Waals surface area (Å²) in [6, 6.07) is 14.7. The zero-order valence-electron chi connectivity index (χ0n) is 14.9. The third-order valence-electron chi connectivity index (χ3n) is 4.49. The lowest BCUT2D eigenvalue weighted by Gasteiger charge is -2.13. The summed E-state index contributed by atoms with van der Waals surface area (Å²) in [5, 5.41) is 11.5. The quantitative estimate of drug-likeness (QED) is 0.538. The van der Waals surface area contributed by atoms with E-state index in [1.54, 1.807) is 4.57 Å². The van der Waals surface area contributed by atoms with E-state index in [1.165, 1.54) is 0 Å². The topological polar surface area (TPSA) is 72.4 Å². The SMILES string of the molecule is CCn1c(=O)c2c(O)c(Sc3ccccc3)c(=O)oc2c2ccc(C)cc21. The first kappa shape index (κ1) is 17.4. The van der Waals surface area contributed by atoms with Gasteiger partial charge in [0.25, 0.3) is 5.56 Å². The van der Waals surface area contributed by atoms with Crippen molar-refractivity contribution in [2.75, 3.05) is 0 Å². The first-order valence-electron chi connectivity index (χ1n) is 8.57. The lowest BCUT2D eigenvalue weighted by Crippen LogP contribution is -2.21. The molecular formula is C21H17NO4S. The first-order valence-corrected chi connectivity index (χ1v) is 9.38. The average Bonchev–Trinajstić information content (AvgIpc) is 2.66. The van der Waals surface area contributed by atoms with Crippen molar-refractivity contribution in [3.05, 3.63) is 74.9 Å². The van der Waals surface area contributed by atoms with Crippen molar-refractivity contribution in [2.24, 2.45) is 0 Å². The molecule has 5 nitrogen and oxygen atoms in total. The number of aromatic nitrogens is 1. The lowest BCUT2D eigenvalue weighted by atomic mass is 10.1. The van der Waals surface area contributed by atoms with Gasteiger partial charge < -0.3 is 14.1 Å². The largest absolute Gasteiger partial charge is 0.505 e. The number of pyridine rings is 1. The number of aromatic hydroxyl groups is 1. The molecule has 0 bridgehead atoms. The van der Waals surface area contributed by atoms with Gasteiger partial charge in [0.2, 0.25) is 0 Å². The summed E-state index contributed by atoms with van der Waals surface area (Å²) < 4.78 is 7.11. The van der Waals surface area contributed by atoms with Gasteiger partial charge in [-0.25, -0.2) is 4.79 Å². The summed E-state index contributed by atoms with van der Waals surface area (Å²) in [5.74, 6) is -0.329. The average molecular weight is 379 g/mol. The van der Waals surface area contributed by atoms with Crippen LogP contribution in [-0.4, -0.2) is 9.67 Å². The van der Waals surface area contributed by atoms with Crippen LogP contribution in [0, 0.1) is 6.92 Å². The Hall–Kier alpha value is -2.99. The van der Waals surface area contributed by atoms with Crippen LogP contribution in [0.15, 0.2) is 72.3 Å². The Morgan fingerprint density at radius 2 is 1.85 bits per heavy atom. The molecule has 4 aromatic rings. The van der Waals surface area contributed by atoms with Crippen LogP contribution < -0.4 is 11.2 Å². The van der Waals surface area contributed by atoms with Crippen molar-refractivity contribution in [3.8, 4) is 5.75 Å². The van der Waals surface area contributed by atoms with Crippen molar-refractivity contribution in [3.63, 3.8) is 0 Å². The van der Waals surface area contributed by atoms with Crippen molar-refractivity contribution in [2.45, 2.75) is 30.2 Å². The minimum atomic E-state index is -0.663. The highest BCUT2D eigenvalue weighted by Crippen LogP contribution is 2.37. The molecule has 0 spiro atoms. The molecule has 27 heavy (non-hydrogen) atoms. The van der Waals surface area contributed by atoms with Crippen LogP contribution in [0.25, 0.3) is 21.9 Å². The standard InChI is InChI=1S/C21H17NO4S/c1-3-22-15-11-12(2)9-10-14(15)18-16(20(22)24)17(23)19(21(25)26-18)27-13-7-5-4-6-8-13/h4-11,23H,3H2,1-2H3. The van der Waals surface area contributed by atoms with E-state index in [1.807, 2.05) is 62.4 Å². The smallest absolute Gasteiger partial charge is 0.354 e. The molecule has 2 aromatic carbocycles. The number of benzene rings is 2. The van der Waals surface area contributed by atoms with Crippen molar-refractivity contribution in [1.29, 1.82) is 0 Å². The van der Waals surface area contributed by atoms with E-state index < -0.39 is 5.63 Å². The maximum atomic E-state index is 13.1. The van der Waals surface area contributed by atoms with Gasteiger partial charge in [-0.15, -0.1) is 0 Å². The molecule has 0 unspecified atom stereocenters. The molecule has 0 aliphatic rings. The van der Waals surface area contributed by atoms with Crippen molar-refractivity contribution in [1.82, 2.24) is 4.57 Å². The van der Waals surface area contributed by atoms with Gasteiger partial charge in [0, 0.05) is 16.8 Å². The zero-order chi connectivity index (χ0) is 19.1. The third kappa shape index (κ3) is 2.82. The molecule has 0 aliphatic heterocycles. The second-order valence-electron chi connectivity index (χ2n) is 6.26. The van der Waals surface area contributed by atoms with Gasteiger partial charge >= 0.3 is 5.63 Å². The van der Waals surface area contributed by atoms with Crippen LogP contribution in [0.5, 0.6) is 5.75 Å². The summed E-state index contributed by atoms with van der Waals surface area (Å²) in [6.45, 7) is 4.24. The fourth-order valence-corrected chi connectivity index (χ4v) is 4.06. The molecule has 0 saturated heterocycles. The molecule has 4 rings (SSSR count). The van der Waals surface area contributed by atoms with Crippen molar-refractivity contribution >= 4 is 33.6 Å². The highest BCUT2D eigenvalue weighted by atomic mass is 32.2. The second kappa shape index (κ2) is 6.63. The summed E-state index contributed by atoms with van der Waals surface area (Å²) >= 11 is 1.08. The molecular weight excluding hydrogens is 362 g/mol. The Morgan fingerprint density at radius 3 is 2.56 bits per heavy atom. The normalized spacial score (nSPS) is 11.3. The van der Waals surface area contributed by atoms with E-state index in [-0.39, 0.29) is 27.2 Å². The molecule has 6 heteroatoms. The molecule has 1 N–H and O–H groups in total. The number of hydrogen-bond donors (Lipinski definition) is 1. The van der Waals surface area contributed by atoms with E-state index in [4.69, 9.17) is 4.42 Å². The fourth-order valence-electron chi connectivity index (χ4n) is 3.21. The highest BCUT2D eigenvalue weighted by molar-refractivity contribution is 7.99. The van der Waals surface area contributed by atoms with E-state index in [2.05, 4.69) is 0 Å². The molecule has 0 radical (unpaired) electrons. The number of rotatable bonds is 3. The zero-order valence-corrected chi connectivity index (χ0v) is 15.7. The summed E-state index contributed by atoms with van der Waals surface area (Å²) in [5.41, 5.74) is 0.762. The maximum Gasteiger partial charge on any atom is 0.354 e. The Labute approximate surface area is 158 Å². The van der Waals surface area contributed by atoms with E-state index in [9.17, 15) is 14.7 Å². The van der Waals surface area contributed by atoms with Gasteiger partial charge in [0.1, 0.15) is 10.3 Å². The van der Waals surface area contributed by atoms with E-state index in [0.29, 0.717) is 17.4 Å². The van der Waals surface area contributed by atoms with Crippen molar-refractivity contribution < 1.29 is 9.52 Å². The lowest BCUT2D eigenvalue weighted by molar-refractivity contribution is 0.446. The Kier molecular flexibility index (Phi) is 4.28. The predicted octanol–water partition coefficient (Wildman–Crippen LogP) is 4.29. The highest BCUT2D eigenvalue weighted by Gasteiger charge is 2.21. The molecule has 0 saturated carbocycles. The van der Waals surface area contributed by atoms with Gasteiger partial charge in [-0.2, -0.15) is 0 Å². The molecule has 0 fully saturated rings. The number of aryl methyl sites for hydroxylation is 2. The van der Waals surface area contributed by atoms with Gasteiger partial charge in [-0.05, 0) is 43.7 Å². The van der Waals surface area contributed by atoms with Gasteiger partial charge in [0.15, 0.2) is 11.3 Å². The van der Waals surface area contributed by atoms with Crippen LogP contribution in [0.1, 0.15) is 12.5 Å². The van der Waals surface area contributed by atoms with Gasteiger partial charge in [0.05, 0.1) is 5.52 Å². The summed E-state index contributed by atoms with van der Waals surface area (Å²) in [7, 11) is 0. The molecule has 0 aliphatic carbocycles. The Morgan fingerprint density at radius 1 is 1.11 bits per heavy atom. The fraction of sp³-hybridized carbons (Fsp3) is 0.143. The van der Waals surface area contributed by atoms with E-state index in [0.717, 1.165) is 22.2 Å². The van der Waals surface area contributed by atoms with Gasteiger partial charge in [-0.1, -0.05) is 36.0 Å². The van der Waals surface area contributed by atoms with E-state index >= 15 is 0 Å². The van der Waals surface area contributed by atoms with Crippen LogP contribution in [-0.2, 0) is 6.54 Å². The minimum absolute atomic E-state index is 0.0138. The first-order chi connectivity index (χ1) is 13.0. The van der Waals surface area contributed by atoms with Crippen LogP contribution >= 0.6 is 11.8 Å². The molecule has 136 valence electrons. The summed E-state index contributed by atoms with van der Waals surface area (Å²) in [6.07, 6.45) is 0. The minimum Gasteiger partial charge on any atom is -0.505 e.